The maximum atomic E-state index is 11.8. The van der Waals surface area contributed by atoms with E-state index in [4.69, 9.17) is 15.2 Å². The highest BCUT2D eigenvalue weighted by molar-refractivity contribution is 9.10. The molecule has 0 bridgehead atoms. The third kappa shape index (κ3) is 5.16. The fourth-order valence-electron chi connectivity index (χ4n) is 1.72. The maximum Gasteiger partial charge on any atom is 0.175 e. The lowest BCUT2D eigenvalue weighted by Gasteiger charge is -2.15. The molecule has 0 aliphatic carbocycles. The SMILES string of the molecule is COc1cc(CCN)cc(Br)c1OCCS(=O)(=O)C(C)C. The second-order valence-electron chi connectivity index (χ2n) is 4.91. The molecule has 120 valence electrons. The van der Waals surface area contributed by atoms with Crippen LogP contribution in [0.2, 0.25) is 0 Å². The van der Waals surface area contributed by atoms with Crippen LogP contribution in [0.4, 0.5) is 0 Å². The van der Waals surface area contributed by atoms with Gasteiger partial charge in [-0.3, -0.25) is 0 Å². The minimum Gasteiger partial charge on any atom is -0.493 e. The Morgan fingerprint density at radius 1 is 1.33 bits per heavy atom. The molecule has 1 rings (SSSR count). The Labute approximate surface area is 134 Å². The lowest BCUT2D eigenvalue weighted by molar-refractivity contribution is 0.309. The summed E-state index contributed by atoms with van der Waals surface area (Å²) in [5, 5.41) is -0.404. The molecular weight excluding hydrogens is 358 g/mol. The molecular formula is C14H22BrNO4S. The van der Waals surface area contributed by atoms with Crippen LogP contribution in [0, 0.1) is 0 Å². The fraction of sp³-hybridized carbons (Fsp3) is 0.571. The summed E-state index contributed by atoms with van der Waals surface area (Å²) in [6.45, 7) is 3.95. The van der Waals surface area contributed by atoms with Crippen LogP contribution in [0.3, 0.4) is 0 Å². The average Bonchev–Trinajstić information content (AvgIpc) is 2.40. The molecule has 0 saturated carbocycles. The van der Waals surface area contributed by atoms with Crippen molar-refractivity contribution in [1.82, 2.24) is 0 Å². The Hall–Kier alpha value is -0.790. The largest absolute Gasteiger partial charge is 0.493 e. The molecule has 0 amide bonds. The van der Waals surface area contributed by atoms with Crippen LogP contribution in [0.25, 0.3) is 0 Å². The van der Waals surface area contributed by atoms with Gasteiger partial charge in [0.1, 0.15) is 6.61 Å². The molecule has 0 aliphatic heterocycles. The van der Waals surface area contributed by atoms with Crippen molar-refractivity contribution in [3.05, 3.63) is 22.2 Å². The first-order chi connectivity index (χ1) is 9.81. The summed E-state index contributed by atoms with van der Waals surface area (Å²) in [4.78, 5) is 0. The number of halogens is 1. The molecule has 1 aromatic rings. The summed E-state index contributed by atoms with van der Waals surface area (Å²) in [7, 11) is -1.57. The highest BCUT2D eigenvalue weighted by Crippen LogP contribution is 2.36. The highest BCUT2D eigenvalue weighted by atomic mass is 79.9. The molecule has 0 aromatic heterocycles. The van der Waals surface area contributed by atoms with E-state index in [0.29, 0.717) is 18.0 Å². The molecule has 0 unspecified atom stereocenters. The summed E-state index contributed by atoms with van der Waals surface area (Å²) >= 11 is 3.42. The van der Waals surface area contributed by atoms with Gasteiger partial charge in [-0.2, -0.15) is 0 Å². The molecule has 21 heavy (non-hydrogen) atoms. The van der Waals surface area contributed by atoms with Crippen LogP contribution in [0.1, 0.15) is 19.4 Å². The van der Waals surface area contributed by atoms with Crippen LogP contribution < -0.4 is 15.2 Å². The van der Waals surface area contributed by atoms with E-state index in [2.05, 4.69) is 15.9 Å². The van der Waals surface area contributed by atoms with Gasteiger partial charge in [-0.25, -0.2) is 8.42 Å². The van der Waals surface area contributed by atoms with E-state index >= 15 is 0 Å². The van der Waals surface area contributed by atoms with E-state index in [1.807, 2.05) is 12.1 Å². The number of ether oxygens (including phenoxy) is 2. The quantitative estimate of drug-likeness (QED) is 0.748. The van der Waals surface area contributed by atoms with Crippen molar-refractivity contribution in [2.45, 2.75) is 25.5 Å². The second kappa shape index (κ2) is 8.00. The molecule has 0 heterocycles. The topological polar surface area (TPSA) is 78.6 Å². The van der Waals surface area contributed by atoms with Crippen molar-refractivity contribution in [2.75, 3.05) is 26.0 Å². The van der Waals surface area contributed by atoms with Gasteiger partial charge in [0.15, 0.2) is 21.3 Å². The summed E-state index contributed by atoms with van der Waals surface area (Å²) in [5.41, 5.74) is 6.57. The second-order valence-corrected chi connectivity index (χ2v) is 8.44. The molecule has 0 spiro atoms. The first-order valence-electron chi connectivity index (χ1n) is 6.72. The van der Waals surface area contributed by atoms with Gasteiger partial charge in [0.2, 0.25) is 0 Å². The van der Waals surface area contributed by atoms with Gasteiger partial charge in [-0.1, -0.05) is 0 Å². The van der Waals surface area contributed by atoms with Gasteiger partial charge < -0.3 is 15.2 Å². The summed E-state index contributed by atoms with van der Waals surface area (Å²) in [6, 6.07) is 3.76. The number of nitrogens with two attached hydrogens (primary N) is 1. The Morgan fingerprint density at radius 3 is 2.52 bits per heavy atom. The molecule has 0 radical (unpaired) electrons. The van der Waals surface area contributed by atoms with Crippen LogP contribution in [0.5, 0.6) is 11.5 Å². The zero-order chi connectivity index (χ0) is 16.0. The lowest BCUT2D eigenvalue weighted by Crippen LogP contribution is -2.22. The van der Waals surface area contributed by atoms with Gasteiger partial charge in [0.25, 0.3) is 0 Å². The first kappa shape index (κ1) is 18.3. The number of methoxy groups -OCH3 is 1. The zero-order valence-corrected chi connectivity index (χ0v) is 15.0. The summed E-state index contributed by atoms with van der Waals surface area (Å²) < 4.78 is 35.1. The van der Waals surface area contributed by atoms with E-state index < -0.39 is 15.1 Å². The predicted octanol–water partition coefficient (Wildman–Crippen LogP) is 2.16. The maximum absolute atomic E-state index is 11.8. The van der Waals surface area contributed by atoms with Crippen molar-refractivity contribution in [3.8, 4) is 11.5 Å². The average molecular weight is 380 g/mol. The minimum atomic E-state index is -3.12. The van der Waals surface area contributed by atoms with E-state index in [-0.39, 0.29) is 12.4 Å². The molecule has 0 fully saturated rings. The predicted molar refractivity (Wildman–Crippen MR) is 87.9 cm³/mol. The number of hydrogen-bond acceptors (Lipinski definition) is 5. The number of hydrogen-bond donors (Lipinski definition) is 1. The normalized spacial score (nSPS) is 11.7. The van der Waals surface area contributed by atoms with Crippen LogP contribution >= 0.6 is 15.9 Å². The Morgan fingerprint density at radius 2 is 2.00 bits per heavy atom. The van der Waals surface area contributed by atoms with Crippen LogP contribution in [-0.4, -0.2) is 39.7 Å². The molecule has 7 heteroatoms. The summed E-state index contributed by atoms with van der Waals surface area (Å²) in [5.74, 6) is 1.05. The smallest absolute Gasteiger partial charge is 0.175 e. The molecule has 0 atom stereocenters. The molecule has 2 N–H and O–H groups in total. The van der Waals surface area contributed by atoms with E-state index in [1.165, 1.54) is 0 Å². The molecule has 0 aliphatic rings. The fourth-order valence-corrected chi connectivity index (χ4v) is 3.11. The first-order valence-corrected chi connectivity index (χ1v) is 9.23. The minimum absolute atomic E-state index is 0.0230. The van der Waals surface area contributed by atoms with Gasteiger partial charge in [0.05, 0.1) is 22.6 Å². The Bertz CT molecular complexity index is 573. The monoisotopic (exact) mass is 379 g/mol. The molecule has 5 nitrogen and oxygen atoms in total. The Balaban J connectivity index is 2.84. The third-order valence-electron chi connectivity index (χ3n) is 3.05. The Kier molecular flexibility index (Phi) is 6.96. The van der Waals surface area contributed by atoms with Gasteiger partial charge in [-0.05, 0) is 60.4 Å². The molecule has 0 saturated heterocycles. The van der Waals surface area contributed by atoms with Gasteiger partial charge >= 0.3 is 0 Å². The van der Waals surface area contributed by atoms with Gasteiger partial charge in [0, 0.05) is 0 Å². The molecule has 1 aromatic carbocycles. The van der Waals surface area contributed by atoms with Crippen LogP contribution in [-0.2, 0) is 16.3 Å². The third-order valence-corrected chi connectivity index (χ3v) is 5.82. The van der Waals surface area contributed by atoms with Crippen molar-refractivity contribution < 1.29 is 17.9 Å². The number of sulfone groups is 1. The lowest BCUT2D eigenvalue weighted by atomic mass is 10.1. The van der Waals surface area contributed by atoms with Crippen molar-refractivity contribution >= 4 is 25.8 Å². The van der Waals surface area contributed by atoms with Crippen molar-refractivity contribution in [1.29, 1.82) is 0 Å². The summed E-state index contributed by atoms with van der Waals surface area (Å²) in [6.07, 6.45) is 0.733. The number of rotatable bonds is 8. The van der Waals surface area contributed by atoms with E-state index in [1.54, 1.807) is 21.0 Å². The standard InChI is InChI=1S/C14H22BrNO4S/c1-10(2)21(17,18)7-6-20-14-12(15)8-11(4-5-16)9-13(14)19-3/h8-10H,4-7,16H2,1-3H3. The zero-order valence-electron chi connectivity index (χ0n) is 12.6. The highest BCUT2D eigenvalue weighted by Gasteiger charge is 2.17. The van der Waals surface area contributed by atoms with E-state index in [0.717, 1.165) is 16.5 Å². The van der Waals surface area contributed by atoms with Crippen molar-refractivity contribution in [3.63, 3.8) is 0 Å². The van der Waals surface area contributed by atoms with Crippen LogP contribution in [0.15, 0.2) is 16.6 Å². The van der Waals surface area contributed by atoms with Crippen molar-refractivity contribution in [2.24, 2.45) is 5.73 Å². The van der Waals surface area contributed by atoms with Gasteiger partial charge in [-0.15, -0.1) is 0 Å². The van der Waals surface area contributed by atoms with E-state index in [9.17, 15) is 8.42 Å². The number of benzene rings is 1.